The molecule has 41 heavy (non-hydrogen) atoms. The molecule has 0 saturated heterocycles. The van der Waals surface area contributed by atoms with Crippen molar-refractivity contribution >= 4 is 33.8 Å². The highest BCUT2D eigenvalue weighted by atomic mass is 32.1. The largest absolute Gasteiger partial charge is 0.328 e. The number of H-pyrrole nitrogens is 1. The molecule has 5 aromatic rings. The molecule has 0 amide bonds. The van der Waals surface area contributed by atoms with E-state index in [4.69, 9.17) is 0 Å². The molecule has 0 atom stereocenters. The molecule has 1 aliphatic rings. The fraction of sp³-hybridized carbons (Fsp3) is 0.400. The van der Waals surface area contributed by atoms with Gasteiger partial charge in [0.1, 0.15) is 5.00 Å². The van der Waals surface area contributed by atoms with Crippen LogP contribution >= 0.6 is 11.5 Å². The molecular weight excluding hydrogens is 534 g/mol. The van der Waals surface area contributed by atoms with Crippen molar-refractivity contribution in [2.24, 2.45) is 5.92 Å². The van der Waals surface area contributed by atoms with E-state index in [1.807, 2.05) is 36.0 Å². The van der Waals surface area contributed by atoms with E-state index in [0.717, 1.165) is 77.0 Å². The number of fused-ring (bicyclic) bond motifs is 1. The molecule has 1 saturated carbocycles. The summed E-state index contributed by atoms with van der Waals surface area (Å²) in [4.78, 5) is 27.0. The Morgan fingerprint density at radius 2 is 2.07 bits per heavy atom. The van der Waals surface area contributed by atoms with Gasteiger partial charge in [-0.25, -0.2) is 9.97 Å². The quantitative estimate of drug-likeness (QED) is 0.187. The summed E-state index contributed by atoms with van der Waals surface area (Å²) < 4.78 is 6.71. The maximum Gasteiger partial charge on any atom is 0.180 e. The molecule has 6 rings (SSSR count). The summed E-state index contributed by atoms with van der Waals surface area (Å²) in [7, 11) is 0. The van der Waals surface area contributed by atoms with E-state index in [1.54, 1.807) is 24.7 Å². The highest BCUT2D eigenvalue weighted by molar-refractivity contribution is 7.10. The lowest BCUT2D eigenvalue weighted by atomic mass is 9.99. The van der Waals surface area contributed by atoms with E-state index < -0.39 is 0 Å². The second kappa shape index (κ2) is 12.3. The predicted octanol–water partition coefficient (Wildman–Crippen LogP) is 6.31. The molecule has 1 aliphatic carbocycles. The zero-order valence-electron chi connectivity index (χ0n) is 24.3. The minimum absolute atomic E-state index is 0.148. The number of ketones is 1. The standard InChI is InChI=1S/C21H28N8S.C9H9NO/c1-6-21(4,5)28(7-2)13-16-8-18(30-27-16)26-19-20-22-11-17(15-9-23-24-10-15)29(20)12-14(3)25-19;11-9(7-3-4-7)8-2-1-5-10-6-8/h8-12H,6-7,13H2,1-5H3,(H,23,24)(H,25,26);1-2,5-7H,3-4H2. The van der Waals surface area contributed by atoms with E-state index in [1.165, 1.54) is 11.5 Å². The lowest BCUT2D eigenvalue weighted by Gasteiger charge is -2.36. The van der Waals surface area contributed by atoms with Gasteiger partial charge in [0.2, 0.25) is 0 Å². The van der Waals surface area contributed by atoms with Gasteiger partial charge in [-0.1, -0.05) is 13.8 Å². The number of Topliss-reactive ketones (excluding diaryl/α,β-unsaturated/α-hetero) is 1. The van der Waals surface area contributed by atoms with Crippen LogP contribution in [0.15, 0.2) is 55.4 Å². The molecular formula is C30H37N9OS. The summed E-state index contributed by atoms with van der Waals surface area (Å²) in [6, 6.07) is 5.74. The molecule has 0 bridgehead atoms. The fourth-order valence-electron chi connectivity index (χ4n) is 4.62. The van der Waals surface area contributed by atoms with Crippen molar-refractivity contribution in [2.45, 2.75) is 66.0 Å². The minimum Gasteiger partial charge on any atom is -0.328 e. The third kappa shape index (κ3) is 6.68. The first-order chi connectivity index (χ1) is 19.8. The Bertz CT molecular complexity index is 1590. The van der Waals surface area contributed by atoms with Gasteiger partial charge < -0.3 is 5.32 Å². The van der Waals surface area contributed by atoms with Crippen LogP contribution in [-0.4, -0.2) is 56.7 Å². The van der Waals surface area contributed by atoms with Crippen LogP contribution in [0.25, 0.3) is 16.9 Å². The second-order valence-electron chi connectivity index (χ2n) is 10.9. The first-order valence-electron chi connectivity index (χ1n) is 14.0. The Morgan fingerprint density at radius 3 is 2.73 bits per heavy atom. The van der Waals surface area contributed by atoms with Crippen molar-refractivity contribution in [2.75, 3.05) is 11.9 Å². The first kappa shape index (κ1) is 28.6. The number of imidazole rings is 1. The van der Waals surface area contributed by atoms with Crippen LogP contribution < -0.4 is 5.32 Å². The minimum atomic E-state index is 0.148. The number of rotatable bonds is 10. The zero-order valence-corrected chi connectivity index (χ0v) is 25.1. The van der Waals surface area contributed by atoms with Crippen molar-refractivity contribution in [3.63, 3.8) is 0 Å². The van der Waals surface area contributed by atoms with Crippen LogP contribution in [0.3, 0.4) is 0 Å². The third-order valence-electron chi connectivity index (χ3n) is 7.56. The van der Waals surface area contributed by atoms with Crippen molar-refractivity contribution in [1.29, 1.82) is 0 Å². The highest BCUT2D eigenvalue weighted by Gasteiger charge is 2.30. The Morgan fingerprint density at radius 1 is 1.24 bits per heavy atom. The van der Waals surface area contributed by atoms with Crippen LogP contribution in [0.2, 0.25) is 0 Å². The SMILES string of the molecule is CCN(Cc1cc(Nc2nc(C)cn3c(-c4cn[nH]c4)cnc23)sn1)C(C)(C)CC.O=C(c1cccnc1)C1CC1. The first-order valence-corrected chi connectivity index (χ1v) is 14.8. The molecule has 11 heteroatoms. The van der Waals surface area contributed by atoms with Crippen LogP contribution in [0, 0.1) is 12.8 Å². The topological polar surface area (TPSA) is 117 Å². The number of anilines is 2. The molecule has 0 spiro atoms. The van der Waals surface area contributed by atoms with Gasteiger partial charge in [0.05, 0.1) is 29.5 Å². The lowest BCUT2D eigenvalue weighted by molar-refractivity contribution is 0.0967. The number of hydrogen-bond donors (Lipinski definition) is 2. The maximum absolute atomic E-state index is 11.4. The van der Waals surface area contributed by atoms with E-state index in [0.29, 0.717) is 5.92 Å². The molecule has 10 nitrogen and oxygen atoms in total. The average molecular weight is 572 g/mol. The van der Waals surface area contributed by atoms with E-state index in [2.05, 4.69) is 73.5 Å². The average Bonchev–Trinajstić information content (AvgIpc) is 3.31. The number of pyridine rings is 1. The second-order valence-corrected chi connectivity index (χ2v) is 11.7. The van der Waals surface area contributed by atoms with Crippen molar-refractivity contribution < 1.29 is 4.79 Å². The molecule has 5 aromatic heterocycles. The number of carbonyl (C=O) groups excluding carboxylic acids is 1. The molecule has 0 aromatic carbocycles. The summed E-state index contributed by atoms with van der Waals surface area (Å²) >= 11 is 1.45. The summed E-state index contributed by atoms with van der Waals surface area (Å²) in [6.07, 6.45) is 14.0. The number of carbonyl (C=O) groups is 1. The Balaban J connectivity index is 0.000000255. The number of nitrogens with zero attached hydrogens (tertiary/aromatic N) is 7. The normalized spacial score (nSPS) is 13.3. The van der Waals surface area contributed by atoms with Gasteiger partial charge >= 0.3 is 0 Å². The fourth-order valence-corrected chi connectivity index (χ4v) is 5.28. The van der Waals surface area contributed by atoms with Crippen molar-refractivity contribution in [1.82, 2.24) is 38.8 Å². The van der Waals surface area contributed by atoms with Crippen LogP contribution in [0.4, 0.5) is 10.8 Å². The summed E-state index contributed by atoms with van der Waals surface area (Å²) in [5.41, 5.74) is 5.60. The van der Waals surface area contributed by atoms with E-state index in [-0.39, 0.29) is 11.3 Å². The van der Waals surface area contributed by atoms with Crippen LogP contribution in [0.1, 0.15) is 68.7 Å². The van der Waals surface area contributed by atoms with Gasteiger partial charge in [-0.05, 0) is 76.3 Å². The Kier molecular flexibility index (Phi) is 8.55. The number of aromatic nitrogens is 7. The molecule has 0 radical (unpaired) electrons. The summed E-state index contributed by atoms with van der Waals surface area (Å²) in [6.45, 7) is 12.8. The number of aromatic amines is 1. The Labute approximate surface area is 244 Å². The van der Waals surface area contributed by atoms with Crippen LogP contribution in [-0.2, 0) is 6.54 Å². The molecule has 0 unspecified atom stereocenters. The number of nitrogens with one attached hydrogen (secondary N) is 2. The molecule has 0 aliphatic heterocycles. The smallest absolute Gasteiger partial charge is 0.180 e. The van der Waals surface area contributed by atoms with Gasteiger partial charge in [-0.2, -0.15) is 9.47 Å². The third-order valence-corrected chi connectivity index (χ3v) is 8.30. The molecule has 214 valence electrons. The molecule has 2 N–H and O–H groups in total. The van der Waals surface area contributed by atoms with Gasteiger partial charge in [-0.15, -0.1) is 0 Å². The predicted molar refractivity (Wildman–Crippen MR) is 162 cm³/mol. The molecule has 5 heterocycles. The Hall–Kier alpha value is -3.96. The lowest BCUT2D eigenvalue weighted by Crippen LogP contribution is -2.42. The van der Waals surface area contributed by atoms with Crippen molar-refractivity contribution in [3.8, 4) is 11.3 Å². The van der Waals surface area contributed by atoms with Gasteiger partial charge in [0.25, 0.3) is 0 Å². The summed E-state index contributed by atoms with van der Waals surface area (Å²) in [5, 5.41) is 11.3. The highest BCUT2D eigenvalue weighted by Crippen LogP contribution is 2.32. The van der Waals surface area contributed by atoms with Gasteiger partial charge in [0.15, 0.2) is 17.2 Å². The monoisotopic (exact) mass is 571 g/mol. The number of hydrogen-bond acceptors (Lipinski definition) is 9. The van der Waals surface area contributed by atoms with E-state index in [9.17, 15) is 4.79 Å². The maximum atomic E-state index is 11.4. The van der Waals surface area contributed by atoms with Crippen molar-refractivity contribution in [3.05, 3.63) is 72.3 Å². The van der Waals surface area contributed by atoms with E-state index >= 15 is 0 Å². The zero-order chi connectivity index (χ0) is 29.0. The van der Waals surface area contributed by atoms with Crippen LogP contribution in [0.5, 0.6) is 0 Å². The molecule has 1 fully saturated rings. The summed E-state index contributed by atoms with van der Waals surface area (Å²) in [5.74, 6) is 1.29. The van der Waals surface area contributed by atoms with Gasteiger partial charge in [0, 0.05) is 53.9 Å². The van der Waals surface area contributed by atoms with Gasteiger partial charge in [-0.3, -0.25) is 24.2 Å². The number of aryl methyl sites for hydroxylation is 1.